The van der Waals surface area contributed by atoms with Crippen LogP contribution in [0.1, 0.15) is 5.56 Å². The van der Waals surface area contributed by atoms with Gasteiger partial charge in [-0.25, -0.2) is 0 Å². The van der Waals surface area contributed by atoms with Gasteiger partial charge in [-0.2, -0.15) is 0 Å². The van der Waals surface area contributed by atoms with Crippen LogP contribution in [0.3, 0.4) is 0 Å². The van der Waals surface area contributed by atoms with Gasteiger partial charge in [-0.1, -0.05) is 12.1 Å². The molecule has 1 rings (SSSR count). The summed E-state index contributed by atoms with van der Waals surface area (Å²) >= 11 is 0. The fraction of sp³-hybridized carbons (Fsp3) is 0.571. The van der Waals surface area contributed by atoms with Crippen LogP contribution >= 0.6 is 0 Å². The third-order valence-corrected chi connectivity index (χ3v) is 2.87. The molecule has 0 spiro atoms. The van der Waals surface area contributed by atoms with Gasteiger partial charge < -0.3 is 20.1 Å². The maximum Gasteiger partial charge on any atom is 0.118 e. The zero-order valence-corrected chi connectivity index (χ0v) is 11.6. The van der Waals surface area contributed by atoms with Gasteiger partial charge in [-0.15, -0.1) is 0 Å². The molecule has 1 aromatic carbocycles. The molecule has 1 atom stereocenters. The Balaban J connectivity index is 2.30. The lowest BCUT2D eigenvalue weighted by Gasteiger charge is -2.20. The van der Waals surface area contributed by atoms with Crippen molar-refractivity contribution in [2.45, 2.75) is 12.5 Å². The van der Waals surface area contributed by atoms with E-state index in [1.54, 1.807) is 14.2 Å². The van der Waals surface area contributed by atoms with Crippen molar-refractivity contribution in [1.29, 1.82) is 0 Å². The number of nitrogens with zero attached hydrogens (tertiary/aromatic N) is 1. The lowest BCUT2D eigenvalue weighted by Crippen LogP contribution is -2.39. The second-order valence-electron chi connectivity index (χ2n) is 4.58. The van der Waals surface area contributed by atoms with Gasteiger partial charge in [0, 0.05) is 26.2 Å². The smallest absolute Gasteiger partial charge is 0.118 e. The van der Waals surface area contributed by atoms with Crippen molar-refractivity contribution in [2.75, 3.05) is 41.0 Å². The summed E-state index contributed by atoms with van der Waals surface area (Å²) in [5.41, 5.74) is 7.22. The van der Waals surface area contributed by atoms with Crippen LogP contribution in [-0.4, -0.2) is 51.9 Å². The van der Waals surface area contributed by atoms with E-state index < -0.39 is 0 Å². The first kappa shape index (κ1) is 15.0. The first-order valence-electron chi connectivity index (χ1n) is 6.21. The predicted octanol–water partition coefficient (Wildman–Crippen LogP) is 1.14. The van der Waals surface area contributed by atoms with Crippen LogP contribution in [0, 0.1) is 0 Å². The summed E-state index contributed by atoms with van der Waals surface area (Å²) in [6.45, 7) is 2.45. The number of methoxy groups -OCH3 is 2. The zero-order chi connectivity index (χ0) is 13.4. The number of hydrogen-bond acceptors (Lipinski definition) is 4. The first-order chi connectivity index (χ1) is 8.65. The van der Waals surface area contributed by atoms with Gasteiger partial charge in [0.25, 0.3) is 0 Å². The predicted molar refractivity (Wildman–Crippen MR) is 74.0 cm³/mol. The molecule has 0 amide bonds. The van der Waals surface area contributed by atoms with Gasteiger partial charge in [0.2, 0.25) is 0 Å². The number of nitrogens with two attached hydrogens (primary N) is 1. The molecule has 0 heterocycles. The second-order valence-corrected chi connectivity index (χ2v) is 4.58. The van der Waals surface area contributed by atoms with E-state index in [-0.39, 0.29) is 6.04 Å². The van der Waals surface area contributed by atoms with E-state index in [1.165, 1.54) is 5.56 Å². The average Bonchev–Trinajstić information content (AvgIpc) is 2.37. The number of ether oxygens (including phenoxy) is 2. The Kier molecular flexibility index (Phi) is 6.72. The topological polar surface area (TPSA) is 47.7 Å². The zero-order valence-electron chi connectivity index (χ0n) is 11.6. The molecule has 0 aliphatic heterocycles. The molecule has 0 saturated heterocycles. The van der Waals surface area contributed by atoms with Crippen LogP contribution in [0.15, 0.2) is 24.3 Å². The van der Waals surface area contributed by atoms with Crippen molar-refractivity contribution < 1.29 is 9.47 Å². The molecule has 4 heteroatoms. The van der Waals surface area contributed by atoms with Gasteiger partial charge in [0.1, 0.15) is 5.75 Å². The van der Waals surface area contributed by atoms with E-state index in [0.29, 0.717) is 6.61 Å². The highest BCUT2D eigenvalue weighted by atomic mass is 16.5. The van der Waals surface area contributed by atoms with E-state index in [9.17, 15) is 0 Å². The Morgan fingerprint density at radius 3 is 2.44 bits per heavy atom. The summed E-state index contributed by atoms with van der Waals surface area (Å²) in [6, 6.07) is 8.26. The molecule has 0 radical (unpaired) electrons. The minimum absolute atomic E-state index is 0.0795. The number of hydrogen-bond donors (Lipinski definition) is 1. The first-order valence-corrected chi connectivity index (χ1v) is 6.21. The minimum atomic E-state index is 0.0795. The van der Waals surface area contributed by atoms with Crippen LogP contribution in [0.5, 0.6) is 5.75 Å². The normalized spacial score (nSPS) is 12.7. The molecule has 0 aliphatic rings. The van der Waals surface area contributed by atoms with Crippen LogP contribution in [0.25, 0.3) is 0 Å². The lowest BCUT2D eigenvalue weighted by atomic mass is 10.1. The van der Waals surface area contributed by atoms with Crippen molar-refractivity contribution in [1.82, 2.24) is 4.90 Å². The molecule has 102 valence electrons. The molecule has 4 nitrogen and oxygen atoms in total. The Hall–Kier alpha value is -1.10. The highest BCUT2D eigenvalue weighted by molar-refractivity contribution is 5.27. The van der Waals surface area contributed by atoms with Gasteiger partial charge in [0.15, 0.2) is 0 Å². The third kappa shape index (κ3) is 5.49. The Bertz CT molecular complexity index is 327. The Morgan fingerprint density at radius 1 is 1.22 bits per heavy atom. The van der Waals surface area contributed by atoms with Gasteiger partial charge >= 0.3 is 0 Å². The fourth-order valence-electron chi connectivity index (χ4n) is 1.87. The van der Waals surface area contributed by atoms with E-state index in [1.807, 2.05) is 12.1 Å². The van der Waals surface area contributed by atoms with E-state index in [4.69, 9.17) is 15.2 Å². The average molecular weight is 252 g/mol. The lowest BCUT2D eigenvalue weighted by molar-refractivity contribution is 0.161. The summed E-state index contributed by atoms with van der Waals surface area (Å²) < 4.78 is 10.2. The molecule has 1 unspecified atom stereocenters. The summed E-state index contributed by atoms with van der Waals surface area (Å²) in [4.78, 5) is 2.23. The summed E-state index contributed by atoms with van der Waals surface area (Å²) in [7, 11) is 5.44. The largest absolute Gasteiger partial charge is 0.497 e. The third-order valence-electron chi connectivity index (χ3n) is 2.87. The molecular weight excluding hydrogens is 228 g/mol. The van der Waals surface area contributed by atoms with Crippen molar-refractivity contribution >= 4 is 0 Å². The maximum absolute atomic E-state index is 5.91. The number of rotatable bonds is 8. The van der Waals surface area contributed by atoms with Gasteiger partial charge in [-0.05, 0) is 31.2 Å². The summed E-state index contributed by atoms with van der Waals surface area (Å²) in [5, 5.41) is 0. The molecule has 18 heavy (non-hydrogen) atoms. The van der Waals surface area contributed by atoms with Crippen LogP contribution in [0.2, 0.25) is 0 Å². The summed E-state index contributed by atoms with van der Waals surface area (Å²) in [6.07, 6.45) is 1.01. The molecule has 0 bridgehead atoms. The molecule has 0 saturated carbocycles. The van der Waals surface area contributed by atoms with Gasteiger partial charge in [0.05, 0.1) is 13.7 Å². The monoisotopic (exact) mass is 252 g/mol. The molecule has 0 aliphatic carbocycles. The molecule has 2 N–H and O–H groups in total. The van der Waals surface area contributed by atoms with E-state index in [0.717, 1.165) is 25.3 Å². The van der Waals surface area contributed by atoms with Crippen molar-refractivity contribution in [2.24, 2.45) is 5.73 Å². The molecule has 0 aromatic heterocycles. The molecule has 0 fully saturated rings. The van der Waals surface area contributed by atoms with Crippen molar-refractivity contribution in [3.05, 3.63) is 29.8 Å². The van der Waals surface area contributed by atoms with Crippen LogP contribution in [-0.2, 0) is 11.2 Å². The Morgan fingerprint density at radius 2 is 1.89 bits per heavy atom. The minimum Gasteiger partial charge on any atom is -0.497 e. The highest BCUT2D eigenvalue weighted by Crippen LogP contribution is 2.11. The quantitative estimate of drug-likeness (QED) is 0.754. The van der Waals surface area contributed by atoms with E-state index in [2.05, 4.69) is 24.1 Å². The standard InChI is InChI=1S/C14H24N2O2/c1-16(10-13(15)11-17-2)9-8-12-4-6-14(18-3)7-5-12/h4-7,13H,8-11,15H2,1-3H3. The molecule has 1 aromatic rings. The van der Waals surface area contributed by atoms with Crippen LogP contribution < -0.4 is 10.5 Å². The van der Waals surface area contributed by atoms with Gasteiger partial charge in [-0.3, -0.25) is 0 Å². The van der Waals surface area contributed by atoms with Crippen LogP contribution in [0.4, 0.5) is 0 Å². The second kappa shape index (κ2) is 8.08. The highest BCUT2D eigenvalue weighted by Gasteiger charge is 2.06. The summed E-state index contributed by atoms with van der Waals surface area (Å²) in [5.74, 6) is 0.897. The fourth-order valence-corrected chi connectivity index (χ4v) is 1.87. The number of benzene rings is 1. The number of likely N-dealkylation sites (N-methyl/N-ethyl adjacent to an activating group) is 1. The van der Waals surface area contributed by atoms with Crippen molar-refractivity contribution in [3.8, 4) is 5.75 Å². The molecular formula is C14H24N2O2. The SMILES string of the molecule is COCC(N)CN(C)CCc1ccc(OC)cc1. The maximum atomic E-state index is 5.91. The Labute approximate surface area is 110 Å². The van der Waals surface area contributed by atoms with Crippen molar-refractivity contribution in [3.63, 3.8) is 0 Å². The van der Waals surface area contributed by atoms with E-state index >= 15 is 0 Å².